The highest BCUT2D eigenvalue weighted by Gasteiger charge is 2.14. The van der Waals surface area contributed by atoms with Crippen molar-refractivity contribution in [2.24, 2.45) is 5.73 Å². The third kappa shape index (κ3) is 3.40. The Balaban J connectivity index is 2.78. The zero-order chi connectivity index (χ0) is 12.1. The quantitative estimate of drug-likeness (QED) is 0.742. The van der Waals surface area contributed by atoms with E-state index < -0.39 is 12.0 Å². The molecule has 0 radical (unpaired) electrons. The number of rotatable bonds is 5. The first kappa shape index (κ1) is 12.3. The predicted octanol–water partition coefficient (Wildman–Crippen LogP) is 1.73. The van der Waals surface area contributed by atoms with Gasteiger partial charge in [-0.2, -0.15) is 0 Å². The van der Waals surface area contributed by atoms with Gasteiger partial charge in [-0.3, -0.25) is 4.79 Å². The summed E-state index contributed by atoms with van der Waals surface area (Å²) in [4.78, 5) is 10.7. The lowest BCUT2D eigenvalue weighted by atomic mass is 10.1. The van der Waals surface area contributed by atoms with E-state index >= 15 is 0 Å². The number of nitrogens with two attached hydrogens (primary N) is 1. The number of hydrogen-bond donors (Lipinski definition) is 2. The van der Waals surface area contributed by atoms with Gasteiger partial charge >= 0.3 is 5.97 Å². The maximum atomic E-state index is 10.7. The van der Waals surface area contributed by atoms with Crippen molar-refractivity contribution in [2.75, 3.05) is 6.61 Å². The molecule has 1 unspecified atom stereocenters. The molecular formula is C12H15NO3. The number of hydrogen-bond acceptors (Lipinski definition) is 3. The molecule has 0 fully saturated rings. The van der Waals surface area contributed by atoms with Crippen LogP contribution in [0.1, 0.15) is 18.5 Å². The highest BCUT2D eigenvalue weighted by atomic mass is 16.5. The molecule has 0 spiro atoms. The zero-order valence-corrected chi connectivity index (χ0v) is 9.14. The molecule has 4 nitrogen and oxygen atoms in total. The SMILES string of the molecule is C=C(C)COc1cccc(C(N)C(=O)O)c1. The Kier molecular flexibility index (Phi) is 4.08. The molecule has 86 valence electrons. The van der Waals surface area contributed by atoms with Gasteiger partial charge in [-0.1, -0.05) is 18.7 Å². The number of carboxylic acid groups (broad SMARTS) is 1. The van der Waals surface area contributed by atoms with Crippen molar-refractivity contribution in [3.63, 3.8) is 0 Å². The number of carbonyl (C=O) groups is 1. The van der Waals surface area contributed by atoms with E-state index in [4.69, 9.17) is 15.6 Å². The Bertz CT molecular complexity index is 401. The molecule has 0 aliphatic carbocycles. The summed E-state index contributed by atoms with van der Waals surface area (Å²) in [5.74, 6) is -0.464. The van der Waals surface area contributed by atoms with Gasteiger partial charge in [0.2, 0.25) is 0 Å². The lowest BCUT2D eigenvalue weighted by molar-refractivity contribution is -0.138. The van der Waals surface area contributed by atoms with Crippen molar-refractivity contribution in [3.05, 3.63) is 42.0 Å². The molecule has 16 heavy (non-hydrogen) atoms. The van der Waals surface area contributed by atoms with E-state index in [2.05, 4.69) is 6.58 Å². The molecule has 0 bridgehead atoms. The van der Waals surface area contributed by atoms with Crippen molar-refractivity contribution in [1.29, 1.82) is 0 Å². The van der Waals surface area contributed by atoms with Crippen LogP contribution in [0.2, 0.25) is 0 Å². The molecule has 0 heterocycles. The summed E-state index contributed by atoms with van der Waals surface area (Å²) < 4.78 is 5.39. The summed E-state index contributed by atoms with van der Waals surface area (Å²) in [5.41, 5.74) is 6.91. The van der Waals surface area contributed by atoms with E-state index in [9.17, 15) is 4.79 Å². The lowest BCUT2D eigenvalue weighted by Gasteiger charge is -2.10. The molecule has 1 aromatic carbocycles. The molecule has 0 aliphatic heterocycles. The van der Waals surface area contributed by atoms with E-state index in [0.29, 0.717) is 17.9 Å². The minimum absolute atomic E-state index is 0.408. The van der Waals surface area contributed by atoms with Gasteiger partial charge in [0, 0.05) is 0 Å². The third-order valence-electron chi connectivity index (χ3n) is 1.97. The predicted molar refractivity (Wildman–Crippen MR) is 61.3 cm³/mol. The average molecular weight is 221 g/mol. The first-order valence-corrected chi connectivity index (χ1v) is 4.86. The van der Waals surface area contributed by atoms with Crippen LogP contribution in [0.15, 0.2) is 36.4 Å². The maximum absolute atomic E-state index is 10.7. The number of aliphatic carboxylic acids is 1. The van der Waals surface area contributed by atoms with Crippen molar-refractivity contribution < 1.29 is 14.6 Å². The average Bonchev–Trinajstić information content (AvgIpc) is 2.25. The van der Waals surface area contributed by atoms with Crippen LogP contribution < -0.4 is 10.5 Å². The Hall–Kier alpha value is -1.81. The highest BCUT2D eigenvalue weighted by molar-refractivity contribution is 5.75. The fraction of sp³-hybridized carbons (Fsp3) is 0.250. The molecule has 0 aromatic heterocycles. The largest absolute Gasteiger partial charge is 0.489 e. The Morgan fingerprint density at radius 2 is 2.31 bits per heavy atom. The van der Waals surface area contributed by atoms with Crippen LogP contribution in [0.4, 0.5) is 0 Å². The smallest absolute Gasteiger partial charge is 0.325 e. The number of carboxylic acids is 1. The summed E-state index contributed by atoms with van der Waals surface area (Å²) >= 11 is 0. The van der Waals surface area contributed by atoms with Gasteiger partial charge in [0.05, 0.1) is 0 Å². The third-order valence-corrected chi connectivity index (χ3v) is 1.97. The number of benzene rings is 1. The summed E-state index contributed by atoms with van der Waals surface area (Å²) in [6.07, 6.45) is 0. The maximum Gasteiger partial charge on any atom is 0.325 e. The molecule has 1 atom stereocenters. The van der Waals surface area contributed by atoms with Crippen molar-refractivity contribution in [2.45, 2.75) is 13.0 Å². The molecule has 1 aromatic rings. The van der Waals surface area contributed by atoms with Crippen LogP contribution in [0.5, 0.6) is 5.75 Å². The summed E-state index contributed by atoms with van der Waals surface area (Å²) in [6.45, 7) is 5.97. The van der Waals surface area contributed by atoms with Crippen LogP contribution in [-0.2, 0) is 4.79 Å². The minimum Gasteiger partial charge on any atom is -0.489 e. The first-order valence-electron chi connectivity index (χ1n) is 4.86. The van der Waals surface area contributed by atoms with E-state index in [-0.39, 0.29) is 0 Å². The number of ether oxygens (including phenoxy) is 1. The first-order chi connectivity index (χ1) is 7.50. The monoisotopic (exact) mass is 221 g/mol. The molecular weight excluding hydrogens is 206 g/mol. The van der Waals surface area contributed by atoms with Crippen LogP contribution >= 0.6 is 0 Å². The molecule has 3 N–H and O–H groups in total. The lowest BCUT2D eigenvalue weighted by Crippen LogP contribution is -2.20. The van der Waals surface area contributed by atoms with Gasteiger partial charge < -0.3 is 15.6 Å². The second kappa shape index (κ2) is 5.32. The van der Waals surface area contributed by atoms with Crippen LogP contribution in [0.25, 0.3) is 0 Å². The fourth-order valence-corrected chi connectivity index (χ4v) is 1.15. The van der Waals surface area contributed by atoms with Gasteiger partial charge in [-0.15, -0.1) is 0 Å². The second-order valence-electron chi connectivity index (χ2n) is 3.63. The van der Waals surface area contributed by atoms with Crippen molar-refractivity contribution in [1.82, 2.24) is 0 Å². The topological polar surface area (TPSA) is 72.5 Å². The highest BCUT2D eigenvalue weighted by Crippen LogP contribution is 2.18. The van der Waals surface area contributed by atoms with Crippen molar-refractivity contribution >= 4 is 5.97 Å². The summed E-state index contributed by atoms with van der Waals surface area (Å²) in [6, 6.07) is 5.73. The van der Waals surface area contributed by atoms with E-state index in [1.807, 2.05) is 6.92 Å². The Labute approximate surface area is 94.3 Å². The standard InChI is InChI=1S/C12H15NO3/c1-8(2)7-16-10-5-3-4-9(6-10)11(13)12(14)15/h3-6,11H,1,7,13H2,2H3,(H,14,15). The van der Waals surface area contributed by atoms with Gasteiger partial charge in [-0.05, 0) is 30.2 Å². The second-order valence-corrected chi connectivity index (χ2v) is 3.63. The van der Waals surface area contributed by atoms with E-state index in [0.717, 1.165) is 5.57 Å². The summed E-state index contributed by atoms with van der Waals surface area (Å²) in [7, 11) is 0. The van der Waals surface area contributed by atoms with E-state index in [1.165, 1.54) is 0 Å². The van der Waals surface area contributed by atoms with Gasteiger partial charge in [0.1, 0.15) is 18.4 Å². The zero-order valence-electron chi connectivity index (χ0n) is 9.14. The molecule has 0 saturated heterocycles. The molecule has 0 amide bonds. The molecule has 0 saturated carbocycles. The summed E-state index contributed by atoms with van der Waals surface area (Å²) in [5, 5.41) is 8.76. The van der Waals surface area contributed by atoms with Crippen molar-refractivity contribution in [3.8, 4) is 5.75 Å². The van der Waals surface area contributed by atoms with Gasteiger partial charge in [0.25, 0.3) is 0 Å². The van der Waals surface area contributed by atoms with E-state index in [1.54, 1.807) is 24.3 Å². The van der Waals surface area contributed by atoms with Gasteiger partial charge in [-0.25, -0.2) is 0 Å². The molecule has 0 aliphatic rings. The Morgan fingerprint density at radius 1 is 1.62 bits per heavy atom. The molecule has 4 heteroatoms. The van der Waals surface area contributed by atoms with Crippen LogP contribution in [0, 0.1) is 0 Å². The molecule has 1 rings (SSSR count). The van der Waals surface area contributed by atoms with Gasteiger partial charge in [0.15, 0.2) is 0 Å². The van der Waals surface area contributed by atoms with Crippen LogP contribution in [0.3, 0.4) is 0 Å². The minimum atomic E-state index is -1.06. The fourth-order valence-electron chi connectivity index (χ4n) is 1.15. The Morgan fingerprint density at radius 3 is 2.88 bits per heavy atom. The van der Waals surface area contributed by atoms with Crippen LogP contribution in [-0.4, -0.2) is 17.7 Å². The normalized spacial score (nSPS) is 11.9.